The Morgan fingerprint density at radius 2 is 2.20 bits per heavy atom. The lowest BCUT2D eigenvalue weighted by Crippen LogP contribution is -2.37. The zero-order valence-corrected chi connectivity index (χ0v) is 8.27. The van der Waals surface area contributed by atoms with Crippen LogP contribution in [0.4, 0.5) is 4.39 Å². The number of hydrogen-bond donors (Lipinski definition) is 1. The van der Waals surface area contributed by atoms with Crippen LogP contribution in [0.5, 0.6) is 5.75 Å². The van der Waals surface area contributed by atoms with Gasteiger partial charge in [-0.15, -0.1) is 0 Å². The average molecular weight is 213 g/mol. The van der Waals surface area contributed by atoms with Crippen LogP contribution in [0, 0.1) is 5.82 Å². The van der Waals surface area contributed by atoms with Crippen molar-refractivity contribution in [2.75, 3.05) is 13.7 Å². The van der Waals surface area contributed by atoms with E-state index in [2.05, 4.69) is 4.74 Å². The number of benzene rings is 1. The van der Waals surface area contributed by atoms with Gasteiger partial charge in [-0.2, -0.15) is 0 Å². The van der Waals surface area contributed by atoms with Gasteiger partial charge in [-0.1, -0.05) is 12.1 Å². The van der Waals surface area contributed by atoms with Gasteiger partial charge >= 0.3 is 5.97 Å². The third-order valence-electron chi connectivity index (χ3n) is 1.76. The van der Waals surface area contributed by atoms with Gasteiger partial charge in [-0.3, -0.25) is 4.79 Å². The number of carbonyl (C=O) groups excluding carboxylic acids is 1. The normalized spacial score (nSPS) is 11.9. The summed E-state index contributed by atoms with van der Waals surface area (Å²) < 4.78 is 22.5. The number of methoxy groups -OCH3 is 1. The molecule has 1 aromatic rings. The molecule has 1 aromatic carbocycles. The molecular formula is C10H12FNO3. The Morgan fingerprint density at radius 3 is 2.80 bits per heavy atom. The van der Waals surface area contributed by atoms with Crippen molar-refractivity contribution in [2.45, 2.75) is 6.04 Å². The van der Waals surface area contributed by atoms with Crippen LogP contribution in [0.15, 0.2) is 24.3 Å². The summed E-state index contributed by atoms with van der Waals surface area (Å²) in [7, 11) is 1.23. The number of carbonyl (C=O) groups is 1. The molecular weight excluding hydrogens is 201 g/mol. The molecule has 0 saturated heterocycles. The van der Waals surface area contributed by atoms with Gasteiger partial charge in [-0.25, -0.2) is 4.39 Å². The highest BCUT2D eigenvalue weighted by Gasteiger charge is 2.14. The first-order valence-electron chi connectivity index (χ1n) is 4.36. The number of para-hydroxylation sites is 1. The molecule has 0 aliphatic rings. The van der Waals surface area contributed by atoms with Crippen molar-refractivity contribution in [3.63, 3.8) is 0 Å². The van der Waals surface area contributed by atoms with E-state index in [0.29, 0.717) is 0 Å². The molecule has 4 nitrogen and oxygen atoms in total. The van der Waals surface area contributed by atoms with Crippen LogP contribution in [-0.4, -0.2) is 25.7 Å². The molecule has 1 atom stereocenters. The minimum Gasteiger partial charge on any atom is -0.488 e. The third-order valence-corrected chi connectivity index (χ3v) is 1.76. The number of ether oxygens (including phenoxy) is 2. The fourth-order valence-corrected chi connectivity index (χ4v) is 0.961. The first-order valence-corrected chi connectivity index (χ1v) is 4.36. The summed E-state index contributed by atoms with van der Waals surface area (Å²) in [4.78, 5) is 10.9. The molecule has 0 amide bonds. The van der Waals surface area contributed by atoms with Crippen LogP contribution in [0.25, 0.3) is 0 Å². The Morgan fingerprint density at radius 1 is 1.53 bits per heavy atom. The summed E-state index contributed by atoms with van der Waals surface area (Å²) in [5.41, 5.74) is 5.40. The molecule has 5 heteroatoms. The Labute approximate surface area is 86.8 Å². The fraction of sp³-hybridized carbons (Fsp3) is 0.300. The predicted molar refractivity (Wildman–Crippen MR) is 51.9 cm³/mol. The summed E-state index contributed by atoms with van der Waals surface area (Å²) >= 11 is 0. The standard InChI is InChI=1S/C10H12FNO3/c1-14-10(13)8(12)6-15-9-5-3-2-4-7(9)11/h2-5,8H,6,12H2,1H3. The maximum absolute atomic E-state index is 13.0. The topological polar surface area (TPSA) is 61.5 Å². The molecule has 1 rings (SSSR count). The first kappa shape index (κ1) is 11.5. The van der Waals surface area contributed by atoms with E-state index in [1.807, 2.05) is 0 Å². The van der Waals surface area contributed by atoms with E-state index in [1.54, 1.807) is 12.1 Å². The van der Waals surface area contributed by atoms with Crippen molar-refractivity contribution in [1.82, 2.24) is 0 Å². The van der Waals surface area contributed by atoms with E-state index in [4.69, 9.17) is 10.5 Å². The van der Waals surface area contributed by atoms with Gasteiger partial charge in [-0.05, 0) is 12.1 Å². The van der Waals surface area contributed by atoms with Crippen molar-refractivity contribution < 1.29 is 18.7 Å². The van der Waals surface area contributed by atoms with Gasteiger partial charge in [0, 0.05) is 0 Å². The molecule has 0 aliphatic carbocycles. The average Bonchev–Trinajstić information content (AvgIpc) is 2.26. The summed E-state index contributed by atoms with van der Waals surface area (Å²) in [6.45, 7) is -0.117. The van der Waals surface area contributed by atoms with Crippen molar-refractivity contribution in [1.29, 1.82) is 0 Å². The van der Waals surface area contributed by atoms with Crippen molar-refractivity contribution in [3.8, 4) is 5.75 Å². The molecule has 15 heavy (non-hydrogen) atoms. The van der Waals surface area contributed by atoms with Gasteiger partial charge in [0.2, 0.25) is 0 Å². The maximum atomic E-state index is 13.0. The van der Waals surface area contributed by atoms with Crippen molar-refractivity contribution in [2.24, 2.45) is 5.73 Å². The zero-order valence-electron chi connectivity index (χ0n) is 8.27. The minimum absolute atomic E-state index is 0.0665. The van der Waals surface area contributed by atoms with Crippen LogP contribution in [-0.2, 0) is 9.53 Å². The molecule has 82 valence electrons. The van der Waals surface area contributed by atoms with Gasteiger partial charge < -0.3 is 15.2 Å². The molecule has 0 radical (unpaired) electrons. The minimum atomic E-state index is -0.908. The molecule has 0 saturated carbocycles. The maximum Gasteiger partial charge on any atom is 0.326 e. The lowest BCUT2D eigenvalue weighted by Gasteiger charge is -2.11. The predicted octanol–water partition coefficient (Wildman–Crippen LogP) is 0.705. The van der Waals surface area contributed by atoms with E-state index in [1.165, 1.54) is 19.2 Å². The summed E-state index contributed by atoms with van der Waals surface area (Å²) in [6, 6.07) is 4.98. The van der Waals surface area contributed by atoms with Gasteiger partial charge in [0.05, 0.1) is 7.11 Å². The van der Waals surface area contributed by atoms with E-state index in [9.17, 15) is 9.18 Å². The monoisotopic (exact) mass is 213 g/mol. The summed E-state index contributed by atoms with van der Waals surface area (Å²) in [5.74, 6) is -1.02. The highest BCUT2D eigenvalue weighted by atomic mass is 19.1. The fourth-order valence-electron chi connectivity index (χ4n) is 0.961. The van der Waals surface area contributed by atoms with E-state index in [-0.39, 0.29) is 12.4 Å². The van der Waals surface area contributed by atoms with Crippen LogP contribution >= 0.6 is 0 Å². The Balaban J connectivity index is 2.50. The highest BCUT2D eigenvalue weighted by molar-refractivity contribution is 5.75. The SMILES string of the molecule is COC(=O)C(N)COc1ccccc1F. The van der Waals surface area contributed by atoms with Crippen LogP contribution in [0.2, 0.25) is 0 Å². The van der Waals surface area contributed by atoms with Crippen LogP contribution < -0.4 is 10.5 Å². The molecule has 1 unspecified atom stereocenters. The number of esters is 1. The van der Waals surface area contributed by atoms with Crippen LogP contribution in [0.3, 0.4) is 0 Å². The van der Waals surface area contributed by atoms with E-state index < -0.39 is 17.8 Å². The Kier molecular flexibility index (Phi) is 4.05. The van der Waals surface area contributed by atoms with Gasteiger partial charge in [0.15, 0.2) is 11.6 Å². The lowest BCUT2D eigenvalue weighted by molar-refractivity contribution is -0.142. The number of rotatable bonds is 4. The number of nitrogens with two attached hydrogens (primary N) is 1. The smallest absolute Gasteiger partial charge is 0.326 e. The number of hydrogen-bond acceptors (Lipinski definition) is 4. The summed E-state index contributed by atoms with van der Waals surface area (Å²) in [5, 5.41) is 0. The Hall–Kier alpha value is -1.62. The summed E-state index contributed by atoms with van der Waals surface area (Å²) in [6.07, 6.45) is 0. The van der Waals surface area contributed by atoms with E-state index >= 15 is 0 Å². The van der Waals surface area contributed by atoms with Crippen molar-refractivity contribution in [3.05, 3.63) is 30.1 Å². The molecule has 0 aliphatic heterocycles. The van der Waals surface area contributed by atoms with Crippen LogP contribution in [0.1, 0.15) is 0 Å². The molecule has 0 heterocycles. The first-order chi connectivity index (χ1) is 7.15. The Bertz CT molecular complexity index is 343. The second kappa shape index (κ2) is 5.31. The largest absolute Gasteiger partial charge is 0.488 e. The highest BCUT2D eigenvalue weighted by Crippen LogP contribution is 2.15. The molecule has 0 fully saturated rings. The van der Waals surface area contributed by atoms with E-state index in [0.717, 1.165) is 0 Å². The van der Waals surface area contributed by atoms with Gasteiger partial charge in [0.25, 0.3) is 0 Å². The zero-order chi connectivity index (χ0) is 11.3. The second-order valence-electron chi connectivity index (χ2n) is 2.87. The lowest BCUT2D eigenvalue weighted by atomic mass is 10.3. The number of halogens is 1. The third kappa shape index (κ3) is 3.21. The second-order valence-corrected chi connectivity index (χ2v) is 2.87. The van der Waals surface area contributed by atoms with Gasteiger partial charge in [0.1, 0.15) is 12.6 Å². The van der Waals surface area contributed by atoms with Crippen molar-refractivity contribution >= 4 is 5.97 Å². The molecule has 2 N–H and O–H groups in total. The molecule has 0 spiro atoms. The quantitative estimate of drug-likeness (QED) is 0.748. The molecule has 0 bridgehead atoms. The molecule has 0 aromatic heterocycles.